The summed E-state index contributed by atoms with van der Waals surface area (Å²) in [6.45, 7) is 4.17. The van der Waals surface area contributed by atoms with Crippen molar-refractivity contribution < 1.29 is 4.74 Å². The second-order valence-corrected chi connectivity index (χ2v) is 10.4. The molecule has 0 saturated heterocycles. The lowest BCUT2D eigenvalue weighted by Crippen LogP contribution is -2.25. The van der Waals surface area contributed by atoms with Gasteiger partial charge >= 0.3 is 0 Å². The van der Waals surface area contributed by atoms with Gasteiger partial charge in [-0.15, -0.1) is 0 Å². The number of halogens is 2. The van der Waals surface area contributed by atoms with Crippen LogP contribution in [0.5, 0.6) is 5.75 Å². The van der Waals surface area contributed by atoms with Crippen molar-refractivity contribution in [3.63, 3.8) is 0 Å². The maximum atomic E-state index is 13.4. The fourth-order valence-electron chi connectivity index (χ4n) is 4.02. The third kappa shape index (κ3) is 5.25. The van der Waals surface area contributed by atoms with Gasteiger partial charge in [0, 0.05) is 10.4 Å². The number of ether oxygens (including phenoxy) is 1. The highest BCUT2D eigenvalue weighted by Crippen LogP contribution is 2.32. The van der Waals surface area contributed by atoms with Gasteiger partial charge in [0.1, 0.15) is 11.6 Å². The largest absolute Gasteiger partial charge is 0.490 e. The Morgan fingerprint density at radius 2 is 2.03 bits per heavy atom. The van der Waals surface area contributed by atoms with E-state index in [-0.39, 0.29) is 17.6 Å². The number of aromatic nitrogens is 2. The Morgan fingerprint density at radius 1 is 1.25 bits per heavy atom. The first kappa shape index (κ1) is 23.4. The minimum atomic E-state index is -0.125. The number of fused-ring (bicyclic) bond motifs is 1. The van der Waals surface area contributed by atoms with Gasteiger partial charge in [0.05, 0.1) is 26.8 Å². The lowest BCUT2D eigenvalue weighted by molar-refractivity contribution is 0.216. The normalized spacial score (nSPS) is 16.0. The summed E-state index contributed by atoms with van der Waals surface area (Å²) in [6.07, 6.45) is 8.53. The van der Waals surface area contributed by atoms with Crippen molar-refractivity contribution in [2.24, 2.45) is 5.10 Å². The van der Waals surface area contributed by atoms with E-state index in [9.17, 15) is 4.79 Å². The van der Waals surface area contributed by atoms with Crippen LogP contribution in [0.3, 0.4) is 0 Å². The fourth-order valence-corrected chi connectivity index (χ4v) is 5.05. The Kier molecular flexibility index (Phi) is 7.66. The third-order valence-corrected chi connectivity index (χ3v) is 7.32. The highest BCUT2D eigenvalue weighted by atomic mass is 127. The third-order valence-electron chi connectivity index (χ3n) is 5.98. The minimum Gasteiger partial charge on any atom is -0.490 e. The molecule has 0 unspecified atom stereocenters. The van der Waals surface area contributed by atoms with Crippen LogP contribution in [-0.4, -0.2) is 22.0 Å². The highest BCUT2D eigenvalue weighted by Gasteiger charge is 2.22. The maximum absolute atomic E-state index is 13.4. The molecule has 4 rings (SSSR count). The van der Waals surface area contributed by atoms with Crippen molar-refractivity contribution in [1.29, 1.82) is 0 Å². The van der Waals surface area contributed by atoms with Gasteiger partial charge in [0.15, 0.2) is 0 Å². The number of rotatable bonds is 6. The molecule has 32 heavy (non-hydrogen) atoms. The summed E-state index contributed by atoms with van der Waals surface area (Å²) < 4.78 is 9.36. The molecule has 7 heteroatoms. The van der Waals surface area contributed by atoms with Crippen LogP contribution in [0.15, 0.2) is 50.8 Å². The van der Waals surface area contributed by atoms with Crippen LogP contribution in [0.1, 0.15) is 69.7 Å². The Morgan fingerprint density at radius 3 is 2.75 bits per heavy atom. The summed E-state index contributed by atoms with van der Waals surface area (Å²) in [6, 6.07) is 11.6. The Hall–Kier alpha value is -1.74. The Balaban J connectivity index is 1.74. The summed E-state index contributed by atoms with van der Waals surface area (Å²) in [5.74, 6) is 1.90. The maximum Gasteiger partial charge on any atom is 0.282 e. The van der Waals surface area contributed by atoms with Gasteiger partial charge in [-0.3, -0.25) is 4.79 Å². The predicted octanol–water partition coefficient (Wildman–Crippen LogP) is 6.87. The van der Waals surface area contributed by atoms with Crippen LogP contribution in [0, 0.1) is 3.57 Å². The summed E-state index contributed by atoms with van der Waals surface area (Å²) in [5.41, 5.74) is 1.52. The van der Waals surface area contributed by atoms with Gasteiger partial charge in [0.25, 0.3) is 5.56 Å². The average Bonchev–Trinajstić information content (AvgIpc) is 2.80. The van der Waals surface area contributed by atoms with Crippen molar-refractivity contribution in [1.82, 2.24) is 9.66 Å². The summed E-state index contributed by atoms with van der Waals surface area (Å²) >= 11 is 5.75. The first-order chi connectivity index (χ1) is 15.5. The summed E-state index contributed by atoms with van der Waals surface area (Å²) in [4.78, 5) is 18.3. The van der Waals surface area contributed by atoms with Gasteiger partial charge in [-0.2, -0.15) is 9.78 Å². The van der Waals surface area contributed by atoms with Crippen molar-refractivity contribution in [2.75, 3.05) is 0 Å². The number of nitrogens with zero attached hydrogens (tertiary/aromatic N) is 3. The summed E-state index contributed by atoms with van der Waals surface area (Å²) in [7, 11) is 0. The van der Waals surface area contributed by atoms with E-state index in [1.54, 1.807) is 6.21 Å². The van der Waals surface area contributed by atoms with E-state index in [0.717, 1.165) is 50.0 Å². The monoisotopic (exact) mass is 607 g/mol. The molecule has 1 aliphatic carbocycles. The van der Waals surface area contributed by atoms with E-state index < -0.39 is 0 Å². The molecule has 1 aromatic heterocycles. The smallest absolute Gasteiger partial charge is 0.282 e. The number of hydrogen-bond acceptors (Lipinski definition) is 4. The van der Waals surface area contributed by atoms with Crippen LogP contribution in [0.2, 0.25) is 0 Å². The van der Waals surface area contributed by atoms with Gasteiger partial charge in [-0.05, 0) is 90.7 Å². The SMILES string of the molecule is CC[C@@H](C)Oc1ccc(C=Nn2c(C3CCCCC3)nc3ccc(Br)cc3c2=O)cc1I. The van der Waals surface area contributed by atoms with Crippen molar-refractivity contribution >= 4 is 55.6 Å². The van der Waals surface area contributed by atoms with Crippen molar-refractivity contribution in [2.45, 2.75) is 64.4 Å². The average molecular weight is 608 g/mol. The first-order valence-corrected chi connectivity index (χ1v) is 13.1. The Labute approximate surface area is 210 Å². The number of benzene rings is 2. The molecule has 2 aromatic carbocycles. The molecule has 5 nitrogen and oxygen atoms in total. The van der Waals surface area contributed by atoms with E-state index in [4.69, 9.17) is 9.72 Å². The molecule has 1 heterocycles. The minimum absolute atomic E-state index is 0.125. The summed E-state index contributed by atoms with van der Waals surface area (Å²) in [5, 5.41) is 5.21. The van der Waals surface area contributed by atoms with Gasteiger partial charge in [0.2, 0.25) is 0 Å². The standard InChI is InChI=1S/C25H27BrIN3O2/c1-3-16(2)32-23-12-9-17(13-21(23)27)15-28-30-24(18-7-5-4-6-8-18)29-22-11-10-19(26)14-20(22)25(30)31/h9-16,18H,3-8H2,1-2H3/t16-/m1/s1. The molecule has 1 atom stereocenters. The van der Waals surface area contributed by atoms with Crippen LogP contribution in [-0.2, 0) is 0 Å². The zero-order chi connectivity index (χ0) is 22.7. The molecule has 1 aliphatic rings. The van der Waals surface area contributed by atoms with E-state index in [0.29, 0.717) is 5.39 Å². The zero-order valence-electron chi connectivity index (χ0n) is 18.4. The molecular weight excluding hydrogens is 581 g/mol. The van der Waals surface area contributed by atoms with Crippen molar-refractivity contribution in [3.05, 3.63) is 66.2 Å². The highest BCUT2D eigenvalue weighted by molar-refractivity contribution is 14.1. The lowest BCUT2D eigenvalue weighted by Gasteiger charge is -2.22. The van der Waals surface area contributed by atoms with Crippen molar-refractivity contribution in [3.8, 4) is 5.75 Å². The quantitative estimate of drug-likeness (QED) is 0.227. The molecule has 168 valence electrons. The molecule has 0 bridgehead atoms. The Bertz CT molecular complexity index is 1200. The van der Waals surface area contributed by atoms with Gasteiger partial charge in [-0.25, -0.2) is 4.98 Å². The number of hydrogen-bond donors (Lipinski definition) is 0. The molecule has 0 spiro atoms. The molecule has 0 N–H and O–H groups in total. The van der Waals surface area contributed by atoms with E-state index >= 15 is 0 Å². The first-order valence-electron chi connectivity index (χ1n) is 11.2. The van der Waals surface area contributed by atoms with Gasteiger partial charge in [-0.1, -0.05) is 42.1 Å². The van der Waals surface area contributed by atoms with Crippen LogP contribution < -0.4 is 10.3 Å². The fraction of sp³-hybridized carbons (Fsp3) is 0.400. The molecule has 1 fully saturated rings. The molecule has 3 aromatic rings. The van der Waals surface area contributed by atoms with E-state index in [1.165, 1.54) is 23.9 Å². The van der Waals surface area contributed by atoms with E-state index in [1.807, 2.05) is 36.4 Å². The zero-order valence-corrected chi connectivity index (χ0v) is 22.1. The second kappa shape index (κ2) is 10.5. The lowest BCUT2D eigenvalue weighted by atomic mass is 9.88. The van der Waals surface area contributed by atoms with Crippen LogP contribution in [0.4, 0.5) is 0 Å². The molecular formula is C25H27BrIN3O2. The topological polar surface area (TPSA) is 56.5 Å². The van der Waals surface area contributed by atoms with Crippen LogP contribution >= 0.6 is 38.5 Å². The van der Waals surface area contributed by atoms with Crippen LogP contribution in [0.25, 0.3) is 10.9 Å². The molecule has 1 saturated carbocycles. The molecule has 0 radical (unpaired) electrons. The van der Waals surface area contributed by atoms with Gasteiger partial charge < -0.3 is 4.74 Å². The molecule has 0 amide bonds. The molecule has 0 aliphatic heterocycles. The predicted molar refractivity (Wildman–Crippen MR) is 142 cm³/mol. The van der Waals surface area contributed by atoms with E-state index in [2.05, 4.69) is 57.5 Å². The second-order valence-electron chi connectivity index (χ2n) is 8.35.